The first-order valence-corrected chi connectivity index (χ1v) is 10.8. The van der Waals surface area contributed by atoms with Gasteiger partial charge in [0, 0.05) is 18.0 Å². The Kier molecular flexibility index (Phi) is 6.99. The Morgan fingerprint density at radius 2 is 2.07 bits per heavy atom. The summed E-state index contributed by atoms with van der Waals surface area (Å²) < 4.78 is 6.77. The lowest BCUT2D eigenvalue weighted by Gasteiger charge is -2.06. The van der Waals surface area contributed by atoms with Gasteiger partial charge in [-0.05, 0) is 19.4 Å². The summed E-state index contributed by atoms with van der Waals surface area (Å²) in [6, 6.07) is 7.96. The third-order valence-electron chi connectivity index (χ3n) is 3.98. The predicted molar refractivity (Wildman–Crippen MR) is 113 cm³/mol. The van der Waals surface area contributed by atoms with Crippen molar-refractivity contribution in [2.24, 2.45) is 7.05 Å². The number of aryl methyl sites for hydroxylation is 1. The van der Waals surface area contributed by atoms with Crippen LogP contribution in [0.3, 0.4) is 0 Å². The molecule has 0 aliphatic carbocycles. The van der Waals surface area contributed by atoms with Crippen LogP contribution in [-0.4, -0.2) is 44.0 Å². The fraction of sp³-hybridized carbons (Fsp3) is 0.316. The van der Waals surface area contributed by atoms with Gasteiger partial charge in [-0.25, -0.2) is 4.98 Å². The molecule has 10 heteroatoms. The molecule has 0 radical (unpaired) electrons. The van der Waals surface area contributed by atoms with Crippen LogP contribution in [0.25, 0.3) is 11.4 Å². The van der Waals surface area contributed by atoms with Crippen LogP contribution in [0.5, 0.6) is 0 Å². The maximum absolute atomic E-state index is 12.2. The number of nitrogens with one attached hydrogen (secondary N) is 1. The third kappa shape index (κ3) is 5.42. The summed E-state index contributed by atoms with van der Waals surface area (Å²) >= 11 is 2.57. The van der Waals surface area contributed by atoms with Crippen molar-refractivity contribution in [2.75, 3.05) is 17.7 Å². The minimum atomic E-state index is -0.335. The lowest BCUT2D eigenvalue weighted by molar-refractivity contribution is -0.142. The van der Waals surface area contributed by atoms with Gasteiger partial charge in [-0.2, -0.15) is 0 Å². The molecule has 0 saturated heterocycles. The molecule has 0 bridgehead atoms. The van der Waals surface area contributed by atoms with Crippen molar-refractivity contribution in [1.29, 1.82) is 0 Å². The quantitative estimate of drug-likeness (QED) is 0.432. The maximum atomic E-state index is 12.2. The molecule has 3 aromatic rings. The smallest absolute Gasteiger partial charge is 0.311 e. The molecule has 0 spiro atoms. The van der Waals surface area contributed by atoms with E-state index >= 15 is 0 Å². The summed E-state index contributed by atoms with van der Waals surface area (Å²) in [4.78, 5) is 28.0. The first kappa shape index (κ1) is 21.0. The highest BCUT2D eigenvalue weighted by molar-refractivity contribution is 7.99. The summed E-state index contributed by atoms with van der Waals surface area (Å²) in [7, 11) is 1.88. The number of nitrogens with zero attached hydrogens (tertiary/aromatic N) is 4. The summed E-state index contributed by atoms with van der Waals surface area (Å²) in [6.45, 7) is 4.11. The molecule has 0 aliphatic heterocycles. The number of benzene rings is 1. The van der Waals surface area contributed by atoms with Crippen LogP contribution in [0, 0.1) is 6.92 Å². The van der Waals surface area contributed by atoms with Gasteiger partial charge in [-0.15, -0.1) is 21.5 Å². The highest BCUT2D eigenvalue weighted by atomic mass is 32.2. The predicted octanol–water partition coefficient (Wildman–Crippen LogP) is 3.08. The van der Waals surface area contributed by atoms with Crippen LogP contribution >= 0.6 is 23.1 Å². The molecular weight excluding hydrogens is 410 g/mol. The standard InChI is InChI=1S/C19H21N5O3S2/c1-4-27-16(26)9-13-10-28-18(20-13)21-15(25)11-29-19-23-22-17(24(19)3)14-8-6-5-7-12(14)2/h5-8,10H,4,9,11H2,1-3H3,(H,20,21,25). The Labute approximate surface area is 176 Å². The molecule has 1 amide bonds. The summed E-state index contributed by atoms with van der Waals surface area (Å²) in [5.74, 6) is 0.395. The van der Waals surface area contributed by atoms with E-state index < -0.39 is 0 Å². The van der Waals surface area contributed by atoms with E-state index in [0.717, 1.165) is 17.0 Å². The lowest BCUT2D eigenvalue weighted by Crippen LogP contribution is -2.14. The van der Waals surface area contributed by atoms with E-state index in [0.29, 0.717) is 22.6 Å². The number of ether oxygens (including phenoxy) is 1. The summed E-state index contributed by atoms with van der Waals surface area (Å²) in [5.41, 5.74) is 2.70. The van der Waals surface area contributed by atoms with E-state index in [1.165, 1.54) is 23.1 Å². The highest BCUT2D eigenvalue weighted by Crippen LogP contribution is 2.25. The fourth-order valence-corrected chi connectivity index (χ4v) is 4.03. The molecule has 8 nitrogen and oxygen atoms in total. The van der Waals surface area contributed by atoms with Crippen LogP contribution in [0.4, 0.5) is 5.13 Å². The Balaban J connectivity index is 1.56. The van der Waals surface area contributed by atoms with Gasteiger partial charge in [0.05, 0.1) is 24.5 Å². The molecule has 0 fully saturated rings. The van der Waals surface area contributed by atoms with E-state index in [-0.39, 0.29) is 24.1 Å². The molecule has 0 unspecified atom stereocenters. The monoisotopic (exact) mass is 431 g/mol. The zero-order valence-corrected chi connectivity index (χ0v) is 18.0. The fourth-order valence-electron chi connectivity index (χ4n) is 2.59. The Morgan fingerprint density at radius 1 is 1.28 bits per heavy atom. The van der Waals surface area contributed by atoms with Gasteiger partial charge in [-0.1, -0.05) is 36.0 Å². The molecule has 29 heavy (non-hydrogen) atoms. The van der Waals surface area contributed by atoms with Crippen molar-refractivity contribution in [3.63, 3.8) is 0 Å². The number of amides is 1. The minimum absolute atomic E-state index is 0.0928. The number of carbonyl (C=O) groups excluding carboxylic acids is 2. The van der Waals surface area contributed by atoms with E-state index in [1.807, 2.05) is 42.8 Å². The van der Waals surface area contributed by atoms with Gasteiger partial charge < -0.3 is 14.6 Å². The SMILES string of the molecule is CCOC(=O)Cc1csc(NC(=O)CSc2nnc(-c3ccccc3C)n2C)n1. The third-order valence-corrected chi connectivity index (χ3v) is 5.81. The Morgan fingerprint density at radius 3 is 2.83 bits per heavy atom. The van der Waals surface area contributed by atoms with E-state index in [1.54, 1.807) is 12.3 Å². The Hall–Kier alpha value is -2.72. The van der Waals surface area contributed by atoms with Crippen LogP contribution in [0.2, 0.25) is 0 Å². The van der Waals surface area contributed by atoms with Crippen LogP contribution in [-0.2, 0) is 27.8 Å². The number of anilines is 1. The molecule has 0 aliphatic rings. The summed E-state index contributed by atoms with van der Waals surface area (Å²) in [6.07, 6.45) is 0.0928. The van der Waals surface area contributed by atoms with Gasteiger partial charge in [0.2, 0.25) is 5.91 Å². The summed E-state index contributed by atoms with van der Waals surface area (Å²) in [5, 5.41) is 14.0. The van der Waals surface area contributed by atoms with Crippen molar-refractivity contribution < 1.29 is 14.3 Å². The van der Waals surface area contributed by atoms with Crippen LogP contribution in [0.15, 0.2) is 34.8 Å². The number of thiazole rings is 1. The molecule has 2 heterocycles. The second-order valence-corrected chi connectivity index (χ2v) is 7.94. The zero-order chi connectivity index (χ0) is 20.8. The van der Waals surface area contributed by atoms with Gasteiger partial charge in [0.15, 0.2) is 16.1 Å². The van der Waals surface area contributed by atoms with Crippen molar-refractivity contribution in [3.05, 3.63) is 40.9 Å². The molecule has 2 aromatic heterocycles. The van der Waals surface area contributed by atoms with Crippen molar-refractivity contribution in [1.82, 2.24) is 19.7 Å². The number of esters is 1. The molecule has 0 saturated carbocycles. The molecule has 1 aromatic carbocycles. The van der Waals surface area contributed by atoms with E-state index in [2.05, 4.69) is 20.5 Å². The van der Waals surface area contributed by atoms with Gasteiger partial charge in [0.25, 0.3) is 0 Å². The molecule has 3 rings (SSSR count). The van der Waals surface area contributed by atoms with Crippen molar-refractivity contribution in [2.45, 2.75) is 25.4 Å². The molecule has 1 N–H and O–H groups in total. The molecule has 152 valence electrons. The Bertz CT molecular complexity index is 1010. The van der Waals surface area contributed by atoms with Crippen LogP contribution < -0.4 is 5.32 Å². The number of thioether (sulfide) groups is 1. The number of aromatic nitrogens is 4. The number of hydrogen-bond acceptors (Lipinski definition) is 8. The lowest BCUT2D eigenvalue weighted by atomic mass is 10.1. The average Bonchev–Trinajstić information content (AvgIpc) is 3.27. The number of hydrogen-bond donors (Lipinski definition) is 1. The van der Waals surface area contributed by atoms with Crippen molar-refractivity contribution >= 4 is 40.1 Å². The van der Waals surface area contributed by atoms with Crippen molar-refractivity contribution in [3.8, 4) is 11.4 Å². The normalized spacial score (nSPS) is 10.7. The van der Waals surface area contributed by atoms with E-state index in [4.69, 9.17) is 4.74 Å². The highest BCUT2D eigenvalue weighted by Gasteiger charge is 2.15. The molecular formula is C19H21N5O3S2. The van der Waals surface area contributed by atoms with Gasteiger partial charge in [-0.3, -0.25) is 9.59 Å². The average molecular weight is 432 g/mol. The van der Waals surface area contributed by atoms with E-state index in [9.17, 15) is 9.59 Å². The first-order chi connectivity index (χ1) is 14.0. The van der Waals surface area contributed by atoms with Gasteiger partial charge in [0.1, 0.15) is 0 Å². The minimum Gasteiger partial charge on any atom is -0.466 e. The topological polar surface area (TPSA) is 99.0 Å². The van der Waals surface area contributed by atoms with Gasteiger partial charge >= 0.3 is 5.97 Å². The first-order valence-electron chi connectivity index (χ1n) is 8.96. The zero-order valence-electron chi connectivity index (χ0n) is 16.3. The van der Waals surface area contributed by atoms with Crippen LogP contribution in [0.1, 0.15) is 18.2 Å². The number of carbonyl (C=O) groups is 2. The second-order valence-electron chi connectivity index (χ2n) is 6.14. The largest absolute Gasteiger partial charge is 0.466 e. The second kappa shape index (κ2) is 9.66. The number of rotatable bonds is 8. The maximum Gasteiger partial charge on any atom is 0.311 e. The molecule has 0 atom stereocenters.